The second-order valence-electron chi connectivity index (χ2n) is 6.58. The van der Waals surface area contributed by atoms with Gasteiger partial charge in [0.2, 0.25) is 0 Å². The van der Waals surface area contributed by atoms with Crippen molar-refractivity contribution in [3.05, 3.63) is 24.5 Å². The number of pyridine rings is 1. The molecule has 1 aliphatic carbocycles. The molecule has 1 spiro atoms. The number of urea groups is 1. The summed E-state index contributed by atoms with van der Waals surface area (Å²) in [5.74, 6) is -0.291. The molecule has 3 aliphatic rings. The number of nitrogens with zero attached hydrogens (tertiary/aromatic N) is 3. The Morgan fingerprint density at radius 2 is 2.25 bits per heavy atom. The van der Waals surface area contributed by atoms with E-state index >= 15 is 0 Å². The molecule has 8 heteroatoms. The Hall–Kier alpha value is -2.64. The van der Waals surface area contributed by atoms with E-state index in [0.717, 1.165) is 12.8 Å². The minimum Gasteiger partial charge on any atom is -0.386 e. The van der Waals surface area contributed by atoms with Crippen molar-refractivity contribution in [2.75, 3.05) is 18.4 Å². The molecule has 0 bridgehead atoms. The van der Waals surface area contributed by atoms with Crippen LogP contribution in [0.1, 0.15) is 25.7 Å². The van der Waals surface area contributed by atoms with E-state index in [4.69, 9.17) is 4.84 Å². The Morgan fingerprint density at radius 3 is 3.00 bits per heavy atom. The zero-order valence-corrected chi connectivity index (χ0v) is 13.2. The second kappa shape index (κ2) is 5.77. The van der Waals surface area contributed by atoms with Crippen LogP contribution in [0.2, 0.25) is 0 Å². The smallest absolute Gasteiger partial charge is 0.317 e. The minimum atomic E-state index is -0.567. The second-order valence-corrected chi connectivity index (χ2v) is 6.58. The largest absolute Gasteiger partial charge is 0.386 e. The summed E-state index contributed by atoms with van der Waals surface area (Å²) in [4.78, 5) is 35.7. The van der Waals surface area contributed by atoms with E-state index in [2.05, 4.69) is 20.8 Å². The molecule has 0 unspecified atom stereocenters. The van der Waals surface area contributed by atoms with Crippen LogP contribution in [0.4, 0.5) is 10.5 Å². The fraction of sp³-hybridized carbons (Fsp3) is 0.500. The van der Waals surface area contributed by atoms with Crippen molar-refractivity contribution >= 4 is 23.3 Å². The summed E-state index contributed by atoms with van der Waals surface area (Å²) in [6.45, 7) is 1.07. The van der Waals surface area contributed by atoms with E-state index in [1.807, 2.05) is 0 Å². The number of likely N-dealkylation sites (tertiary alicyclic amines) is 1. The van der Waals surface area contributed by atoms with Gasteiger partial charge in [-0.1, -0.05) is 5.16 Å². The van der Waals surface area contributed by atoms with Crippen LogP contribution in [0, 0.1) is 0 Å². The van der Waals surface area contributed by atoms with Crippen LogP contribution < -0.4 is 10.6 Å². The summed E-state index contributed by atoms with van der Waals surface area (Å²) in [7, 11) is 0. The first kappa shape index (κ1) is 14.9. The molecule has 126 valence electrons. The highest BCUT2D eigenvalue weighted by molar-refractivity contribution is 6.43. The van der Waals surface area contributed by atoms with E-state index in [1.165, 1.54) is 0 Å². The zero-order chi connectivity index (χ0) is 16.6. The normalized spacial score (nSPS) is 25.3. The lowest BCUT2D eigenvalue weighted by Gasteiger charge is -2.21. The van der Waals surface area contributed by atoms with Gasteiger partial charge < -0.3 is 20.4 Å². The van der Waals surface area contributed by atoms with Gasteiger partial charge in [0.25, 0.3) is 5.91 Å². The molecule has 3 amide bonds. The minimum absolute atomic E-state index is 0.0498. The van der Waals surface area contributed by atoms with Crippen molar-refractivity contribution in [3.8, 4) is 0 Å². The van der Waals surface area contributed by atoms with Crippen LogP contribution in [0.15, 0.2) is 29.7 Å². The van der Waals surface area contributed by atoms with Gasteiger partial charge in [0, 0.05) is 31.6 Å². The van der Waals surface area contributed by atoms with Crippen LogP contribution in [-0.4, -0.2) is 52.3 Å². The third kappa shape index (κ3) is 3.04. The predicted octanol–water partition coefficient (Wildman–Crippen LogP) is 1.11. The number of carbonyl (C=O) groups is 2. The Bertz CT molecular complexity index is 688. The Morgan fingerprint density at radius 1 is 1.38 bits per heavy atom. The molecule has 2 fully saturated rings. The molecule has 0 aromatic carbocycles. The lowest BCUT2D eigenvalue weighted by atomic mass is 9.96. The maximum absolute atomic E-state index is 12.3. The summed E-state index contributed by atoms with van der Waals surface area (Å²) in [5.41, 5.74) is 0.397. The van der Waals surface area contributed by atoms with Gasteiger partial charge >= 0.3 is 6.03 Å². The summed E-state index contributed by atoms with van der Waals surface area (Å²) in [5, 5.41) is 9.69. The number of oxime groups is 1. The number of hydrogen-bond acceptors (Lipinski definition) is 5. The van der Waals surface area contributed by atoms with Gasteiger partial charge in [-0.2, -0.15) is 0 Å². The Kier molecular flexibility index (Phi) is 3.59. The average molecular weight is 329 g/mol. The Labute approximate surface area is 139 Å². The monoisotopic (exact) mass is 329 g/mol. The van der Waals surface area contributed by atoms with E-state index < -0.39 is 5.60 Å². The number of nitrogens with one attached hydrogen (secondary N) is 2. The molecule has 8 nitrogen and oxygen atoms in total. The maximum Gasteiger partial charge on any atom is 0.317 e. The lowest BCUT2D eigenvalue weighted by molar-refractivity contribution is -0.110. The molecule has 1 saturated heterocycles. The van der Waals surface area contributed by atoms with E-state index in [1.54, 1.807) is 29.4 Å². The lowest BCUT2D eigenvalue weighted by Crippen LogP contribution is -2.42. The molecule has 1 atom stereocenters. The average Bonchev–Trinajstić information content (AvgIpc) is 3.16. The Balaban J connectivity index is 1.33. The van der Waals surface area contributed by atoms with Gasteiger partial charge in [-0.05, 0) is 25.0 Å². The SMILES string of the molecule is O=C(Nc1cccnc1)C1=NO[C@@]2(CCN(C(=O)NC3CC3)C2)C1. The predicted molar refractivity (Wildman–Crippen MR) is 86.5 cm³/mol. The fourth-order valence-electron chi connectivity index (χ4n) is 3.01. The number of aromatic nitrogens is 1. The fourth-order valence-corrected chi connectivity index (χ4v) is 3.01. The van der Waals surface area contributed by atoms with Crippen molar-refractivity contribution in [1.82, 2.24) is 15.2 Å². The summed E-state index contributed by atoms with van der Waals surface area (Å²) in [6, 6.07) is 3.79. The molecule has 2 aliphatic heterocycles. The quantitative estimate of drug-likeness (QED) is 0.868. The number of hydrogen-bond donors (Lipinski definition) is 2. The van der Waals surface area contributed by atoms with Gasteiger partial charge in [-0.15, -0.1) is 0 Å². The van der Waals surface area contributed by atoms with Crippen molar-refractivity contribution in [2.24, 2.45) is 5.16 Å². The van der Waals surface area contributed by atoms with Crippen molar-refractivity contribution in [1.29, 1.82) is 0 Å². The first-order valence-electron chi connectivity index (χ1n) is 8.15. The number of amides is 3. The number of anilines is 1. The first-order valence-corrected chi connectivity index (χ1v) is 8.15. The molecule has 0 radical (unpaired) electrons. The maximum atomic E-state index is 12.3. The number of rotatable bonds is 3. The van der Waals surface area contributed by atoms with Gasteiger partial charge in [0.05, 0.1) is 18.4 Å². The molecule has 1 saturated carbocycles. The third-order valence-corrected chi connectivity index (χ3v) is 4.53. The van der Waals surface area contributed by atoms with Crippen LogP contribution in [0.25, 0.3) is 0 Å². The molecule has 2 N–H and O–H groups in total. The molecule has 1 aromatic heterocycles. The first-order chi connectivity index (χ1) is 11.6. The summed E-state index contributed by atoms with van der Waals surface area (Å²) in [6.07, 6.45) is 6.42. The van der Waals surface area contributed by atoms with E-state index in [-0.39, 0.29) is 11.9 Å². The van der Waals surface area contributed by atoms with Crippen molar-refractivity contribution in [2.45, 2.75) is 37.3 Å². The van der Waals surface area contributed by atoms with Crippen LogP contribution >= 0.6 is 0 Å². The third-order valence-electron chi connectivity index (χ3n) is 4.53. The van der Waals surface area contributed by atoms with Gasteiger partial charge in [-0.3, -0.25) is 9.78 Å². The standard InChI is InChI=1S/C16H19N5O3/c22-14(18-12-2-1-6-17-9-12)13-8-16(24-20-13)5-7-21(10-16)15(23)19-11-3-4-11/h1-2,6,9,11H,3-5,7-8,10H2,(H,18,22)(H,19,23)/t16-/m0/s1. The van der Waals surface area contributed by atoms with E-state index in [9.17, 15) is 9.59 Å². The van der Waals surface area contributed by atoms with Crippen LogP contribution in [0.5, 0.6) is 0 Å². The summed E-state index contributed by atoms with van der Waals surface area (Å²) >= 11 is 0. The molecule has 1 aromatic rings. The molecular formula is C16H19N5O3. The molecular weight excluding hydrogens is 310 g/mol. The molecule has 4 rings (SSSR count). The highest BCUT2D eigenvalue weighted by Gasteiger charge is 2.48. The zero-order valence-electron chi connectivity index (χ0n) is 13.2. The van der Waals surface area contributed by atoms with Crippen LogP contribution in [-0.2, 0) is 9.63 Å². The van der Waals surface area contributed by atoms with Crippen molar-refractivity contribution < 1.29 is 14.4 Å². The highest BCUT2D eigenvalue weighted by Crippen LogP contribution is 2.34. The number of carbonyl (C=O) groups excluding carboxylic acids is 2. The van der Waals surface area contributed by atoms with Crippen LogP contribution in [0.3, 0.4) is 0 Å². The molecule has 24 heavy (non-hydrogen) atoms. The van der Waals surface area contributed by atoms with Gasteiger partial charge in [0.15, 0.2) is 5.60 Å². The summed E-state index contributed by atoms with van der Waals surface area (Å²) < 4.78 is 0. The van der Waals surface area contributed by atoms with Gasteiger partial charge in [-0.25, -0.2) is 4.79 Å². The molecule has 3 heterocycles. The van der Waals surface area contributed by atoms with Crippen molar-refractivity contribution in [3.63, 3.8) is 0 Å². The highest BCUT2D eigenvalue weighted by atomic mass is 16.7. The van der Waals surface area contributed by atoms with E-state index in [0.29, 0.717) is 43.4 Å². The topological polar surface area (TPSA) is 95.9 Å². The van der Waals surface area contributed by atoms with Gasteiger partial charge in [0.1, 0.15) is 5.71 Å².